The summed E-state index contributed by atoms with van der Waals surface area (Å²) in [6, 6.07) is 5.02. The second-order valence-corrected chi connectivity index (χ2v) is 6.11. The normalized spacial score (nSPS) is 11.2. The number of nitriles is 1. The third kappa shape index (κ3) is 3.31. The molecule has 0 fully saturated rings. The van der Waals surface area contributed by atoms with Gasteiger partial charge in [0.25, 0.3) is 0 Å². The molecule has 0 aliphatic rings. The van der Waals surface area contributed by atoms with Crippen LogP contribution < -0.4 is 10.5 Å². The third-order valence-electron chi connectivity index (χ3n) is 2.12. The molecule has 0 aromatic carbocycles. The summed E-state index contributed by atoms with van der Waals surface area (Å²) in [4.78, 5) is 4.08. The van der Waals surface area contributed by atoms with E-state index in [4.69, 9.17) is 15.4 Å². The van der Waals surface area contributed by atoms with E-state index >= 15 is 0 Å². The molecule has 3 N–H and O–H groups in total. The van der Waals surface area contributed by atoms with Crippen molar-refractivity contribution in [1.82, 2.24) is 4.98 Å². The van der Waals surface area contributed by atoms with E-state index in [-0.39, 0.29) is 11.7 Å². The van der Waals surface area contributed by atoms with Gasteiger partial charge in [0.2, 0.25) is 10.0 Å². The molecule has 9 heteroatoms. The Bertz CT molecular complexity index is 711. The topological polar surface area (TPSA) is 122 Å². The maximum absolute atomic E-state index is 11.4. The van der Waals surface area contributed by atoms with Crippen molar-refractivity contribution >= 4 is 26.5 Å². The summed E-state index contributed by atoms with van der Waals surface area (Å²) in [7, 11) is -3.67. The van der Waals surface area contributed by atoms with E-state index < -0.39 is 15.8 Å². The van der Waals surface area contributed by atoms with Crippen molar-refractivity contribution in [2.75, 3.05) is 10.5 Å². The number of aromatic nitrogens is 1. The predicted molar refractivity (Wildman–Crippen MR) is 70.7 cm³/mol. The maximum atomic E-state index is 11.4. The zero-order valence-corrected chi connectivity index (χ0v) is 11.3. The summed E-state index contributed by atoms with van der Waals surface area (Å²) < 4.78 is 30.4. The van der Waals surface area contributed by atoms with Crippen LogP contribution in [0.1, 0.15) is 5.76 Å². The average Bonchev–Trinajstić information content (AvgIpc) is 2.96. The fraction of sp³-hybridized carbons (Fsp3) is 0.200. The highest BCUT2D eigenvalue weighted by atomic mass is 32.2. The van der Waals surface area contributed by atoms with Gasteiger partial charge in [0.15, 0.2) is 16.6 Å². The Morgan fingerprint density at radius 2 is 2.32 bits per heavy atom. The Labute approximate surface area is 113 Å². The highest BCUT2D eigenvalue weighted by molar-refractivity contribution is 7.93. The van der Waals surface area contributed by atoms with Crippen LogP contribution in [0.2, 0.25) is 0 Å². The van der Waals surface area contributed by atoms with Crippen LogP contribution in [0, 0.1) is 11.3 Å². The fourth-order valence-electron chi connectivity index (χ4n) is 1.31. The van der Waals surface area contributed by atoms with Gasteiger partial charge >= 0.3 is 0 Å². The molecule has 100 valence electrons. The summed E-state index contributed by atoms with van der Waals surface area (Å²) >= 11 is 1.11. The van der Waals surface area contributed by atoms with E-state index in [2.05, 4.69) is 9.71 Å². The average molecular weight is 298 g/mol. The van der Waals surface area contributed by atoms with Crippen LogP contribution in [-0.4, -0.2) is 19.2 Å². The summed E-state index contributed by atoms with van der Waals surface area (Å²) in [5, 5.41) is 10.2. The van der Waals surface area contributed by atoms with Gasteiger partial charge in [-0.2, -0.15) is 5.26 Å². The van der Waals surface area contributed by atoms with Gasteiger partial charge in [-0.25, -0.2) is 13.4 Å². The van der Waals surface area contributed by atoms with Crippen LogP contribution in [0.3, 0.4) is 0 Å². The number of hydrogen-bond acceptors (Lipinski definition) is 7. The first-order valence-electron chi connectivity index (χ1n) is 5.16. The minimum absolute atomic E-state index is 0.191. The first-order valence-corrected chi connectivity index (χ1v) is 7.69. The molecule has 0 spiro atoms. The fourth-order valence-corrected chi connectivity index (χ4v) is 2.98. The number of furan rings is 1. The van der Waals surface area contributed by atoms with Gasteiger partial charge in [-0.1, -0.05) is 0 Å². The van der Waals surface area contributed by atoms with Gasteiger partial charge in [-0.3, -0.25) is 4.72 Å². The quantitative estimate of drug-likeness (QED) is 0.853. The van der Waals surface area contributed by atoms with Crippen LogP contribution in [0.5, 0.6) is 0 Å². The Hall–Kier alpha value is -1.89. The first-order chi connectivity index (χ1) is 9.04. The van der Waals surface area contributed by atoms with Crippen molar-refractivity contribution in [2.24, 2.45) is 5.73 Å². The molecule has 0 unspecified atom stereocenters. The van der Waals surface area contributed by atoms with Crippen LogP contribution in [0.15, 0.2) is 21.9 Å². The highest BCUT2D eigenvalue weighted by Gasteiger charge is 2.14. The molecule has 2 aromatic rings. The number of thiazole rings is 1. The summed E-state index contributed by atoms with van der Waals surface area (Å²) in [5.41, 5.74) is 5.94. The molecule has 2 aromatic heterocycles. The van der Waals surface area contributed by atoms with Crippen molar-refractivity contribution < 1.29 is 12.8 Å². The lowest BCUT2D eigenvalue weighted by molar-refractivity contribution is 0.524. The largest absolute Gasteiger partial charge is 0.458 e. The molecular weight excluding hydrogens is 288 g/mol. The van der Waals surface area contributed by atoms with E-state index in [1.807, 2.05) is 0 Å². The van der Waals surface area contributed by atoms with Gasteiger partial charge < -0.3 is 10.2 Å². The van der Waals surface area contributed by atoms with E-state index in [9.17, 15) is 8.42 Å². The van der Waals surface area contributed by atoms with Crippen molar-refractivity contribution in [3.05, 3.63) is 23.3 Å². The minimum Gasteiger partial charge on any atom is -0.458 e. The van der Waals surface area contributed by atoms with Crippen molar-refractivity contribution in [2.45, 2.75) is 6.54 Å². The molecule has 0 radical (unpaired) electrons. The Kier molecular flexibility index (Phi) is 3.84. The molecule has 0 aliphatic carbocycles. The van der Waals surface area contributed by atoms with Crippen molar-refractivity contribution in [3.63, 3.8) is 0 Å². The molecule has 0 atom stereocenters. The molecule has 2 rings (SSSR count). The summed E-state index contributed by atoms with van der Waals surface area (Å²) in [6.07, 6.45) is 0. The zero-order valence-electron chi connectivity index (χ0n) is 9.66. The van der Waals surface area contributed by atoms with E-state index in [1.54, 1.807) is 23.6 Å². The second kappa shape index (κ2) is 5.40. The number of hydrogen-bond donors (Lipinski definition) is 2. The lowest BCUT2D eigenvalue weighted by atomic mass is 10.3. The zero-order chi connectivity index (χ0) is 13.9. The highest BCUT2D eigenvalue weighted by Crippen LogP contribution is 2.26. The van der Waals surface area contributed by atoms with E-state index in [0.717, 1.165) is 11.3 Å². The number of rotatable bonds is 5. The Morgan fingerprint density at radius 3 is 2.95 bits per heavy atom. The van der Waals surface area contributed by atoms with E-state index in [1.165, 1.54) is 0 Å². The SMILES string of the molecule is N#CCS(=O)(=O)Nc1nc(-c2ccc(CN)o2)cs1. The van der Waals surface area contributed by atoms with Gasteiger partial charge in [0.05, 0.1) is 12.6 Å². The van der Waals surface area contributed by atoms with Gasteiger partial charge in [-0.05, 0) is 12.1 Å². The molecule has 0 aliphatic heterocycles. The molecule has 0 saturated carbocycles. The molecule has 0 bridgehead atoms. The van der Waals surface area contributed by atoms with Crippen molar-refractivity contribution in [3.8, 4) is 17.5 Å². The molecule has 7 nitrogen and oxygen atoms in total. The number of sulfonamides is 1. The molecular formula is C10H10N4O3S2. The van der Waals surface area contributed by atoms with Gasteiger partial charge in [-0.15, -0.1) is 11.3 Å². The summed E-state index contributed by atoms with van der Waals surface area (Å²) in [5.74, 6) is 0.525. The second-order valence-electron chi connectivity index (χ2n) is 3.53. The van der Waals surface area contributed by atoms with Gasteiger partial charge in [0.1, 0.15) is 11.5 Å². The smallest absolute Gasteiger partial charge is 0.247 e. The van der Waals surface area contributed by atoms with Crippen LogP contribution in [-0.2, 0) is 16.6 Å². The lowest BCUT2D eigenvalue weighted by Gasteiger charge is -1.98. The first kappa shape index (κ1) is 13.5. The van der Waals surface area contributed by atoms with Crippen LogP contribution in [0.4, 0.5) is 5.13 Å². The minimum atomic E-state index is -3.67. The molecule has 2 heterocycles. The molecule has 0 saturated heterocycles. The standard InChI is InChI=1S/C10H10N4O3S2/c11-3-4-19(15,16)14-10-13-8(6-18-10)9-2-1-7(5-12)17-9/h1-2,6H,4-5,12H2,(H,13,14). The lowest BCUT2D eigenvalue weighted by Crippen LogP contribution is -2.15. The maximum Gasteiger partial charge on any atom is 0.247 e. The number of anilines is 1. The van der Waals surface area contributed by atoms with Crippen LogP contribution >= 0.6 is 11.3 Å². The monoisotopic (exact) mass is 298 g/mol. The van der Waals surface area contributed by atoms with Crippen LogP contribution in [0.25, 0.3) is 11.5 Å². The van der Waals surface area contributed by atoms with E-state index in [0.29, 0.717) is 17.2 Å². The van der Waals surface area contributed by atoms with Crippen molar-refractivity contribution in [1.29, 1.82) is 5.26 Å². The number of nitrogens with one attached hydrogen (secondary N) is 1. The Balaban J connectivity index is 2.18. The Morgan fingerprint density at radius 1 is 1.53 bits per heavy atom. The predicted octanol–water partition coefficient (Wildman–Crippen LogP) is 1.13. The number of nitrogens with two attached hydrogens (primary N) is 1. The van der Waals surface area contributed by atoms with Gasteiger partial charge in [0, 0.05) is 5.38 Å². The molecule has 19 heavy (non-hydrogen) atoms. The summed E-state index contributed by atoms with van der Waals surface area (Å²) in [6.45, 7) is 0.284. The molecule has 0 amide bonds. The number of nitrogens with zero attached hydrogens (tertiary/aromatic N) is 2. The third-order valence-corrected chi connectivity index (χ3v) is 4.02.